The summed E-state index contributed by atoms with van der Waals surface area (Å²) in [4.78, 5) is 17.6. The van der Waals surface area contributed by atoms with Crippen LogP contribution in [0.4, 0.5) is 11.5 Å². The van der Waals surface area contributed by atoms with E-state index in [1.165, 1.54) is 11.1 Å². The number of nitrogens with zero attached hydrogens (tertiary/aromatic N) is 1. The number of nitrogen functional groups attached to an aromatic ring is 1. The van der Waals surface area contributed by atoms with Gasteiger partial charge in [-0.2, -0.15) is 0 Å². The molecule has 4 rings (SSSR count). The van der Waals surface area contributed by atoms with Gasteiger partial charge in [-0.3, -0.25) is 4.79 Å². The predicted molar refractivity (Wildman–Crippen MR) is 144 cm³/mol. The number of nitrogens with two attached hydrogens (primary N) is 1. The fraction of sp³-hybridized carbons (Fsp3) is 0.400. The lowest BCUT2D eigenvalue weighted by Gasteiger charge is -2.23. The Morgan fingerprint density at radius 1 is 1.11 bits per heavy atom. The number of benzene rings is 2. The van der Waals surface area contributed by atoms with Crippen LogP contribution in [0, 0.1) is 19.3 Å². The van der Waals surface area contributed by atoms with E-state index in [1.807, 2.05) is 19.1 Å². The van der Waals surface area contributed by atoms with Crippen molar-refractivity contribution in [3.63, 3.8) is 0 Å². The molecule has 0 fully saturated rings. The molecule has 184 valence electrons. The van der Waals surface area contributed by atoms with Crippen molar-refractivity contribution in [3.05, 3.63) is 70.3 Å². The van der Waals surface area contributed by atoms with Gasteiger partial charge in [-0.15, -0.1) is 0 Å². The van der Waals surface area contributed by atoms with E-state index in [9.17, 15) is 4.79 Å². The summed E-state index contributed by atoms with van der Waals surface area (Å²) in [5, 5.41) is 3.23. The number of nitrogens with one attached hydrogen (secondary N) is 1. The van der Waals surface area contributed by atoms with Crippen LogP contribution in [0.3, 0.4) is 0 Å². The first-order chi connectivity index (χ1) is 16.5. The number of fused-ring (bicyclic) bond motifs is 1. The molecule has 0 saturated carbocycles. The molecule has 1 atom stereocenters. The minimum absolute atomic E-state index is 0.00638. The summed E-state index contributed by atoms with van der Waals surface area (Å²) in [6.45, 7) is 15.3. The topological polar surface area (TPSA) is 77.2 Å². The average Bonchev–Trinajstić information content (AvgIpc) is 3.20. The van der Waals surface area contributed by atoms with Crippen molar-refractivity contribution in [2.75, 3.05) is 17.7 Å². The van der Waals surface area contributed by atoms with Crippen LogP contribution in [0.5, 0.6) is 5.75 Å². The fourth-order valence-electron chi connectivity index (χ4n) is 4.96. The minimum atomic E-state index is -0.106. The van der Waals surface area contributed by atoms with Crippen LogP contribution >= 0.6 is 0 Å². The van der Waals surface area contributed by atoms with Crippen molar-refractivity contribution in [2.45, 2.75) is 66.7 Å². The smallest absolute Gasteiger partial charge is 0.224 e. The zero-order valence-corrected chi connectivity index (χ0v) is 22.0. The largest absolute Gasteiger partial charge is 0.492 e. The molecule has 2 aromatic carbocycles. The molecule has 1 unspecified atom stereocenters. The molecule has 1 aliphatic rings. The van der Waals surface area contributed by atoms with E-state index in [-0.39, 0.29) is 17.2 Å². The summed E-state index contributed by atoms with van der Waals surface area (Å²) in [6.07, 6.45) is 0.436. The maximum atomic E-state index is 13.0. The monoisotopic (exact) mass is 471 g/mol. The normalized spacial score (nSPS) is 15.1. The molecular formula is C30H37N3O2. The molecule has 1 amide bonds. The van der Waals surface area contributed by atoms with E-state index >= 15 is 0 Å². The van der Waals surface area contributed by atoms with Crippen molar-refractivity contribution in [2.24, 2.45) is 5.41 Å². The third kappa shape index (κ3) is 5.04. The van der Waals surface area contributed by atoms with Crippen molar-refractivity contribution < 1.29 is 9.53 Å². The minimum Gasteiger partial charge on any atom is -0.492 e. The van der Waals surface area contributed by atoms with Crippen LogP contribution in [-0.4, -0.2) is 17.5 Å². The quantitative estimate of drug-likeness (QED) is 0.421. The lowest BCUT2D eigenvalue weighted by molar-refractivity contribution is -0.117. The first kappa shape index (κ1) is 24.8. The molecule has 3 N–H and O–H groups in total. The van der Waals surface area contributed by atoms with Crippen LogP contribution in [0.2, 0.25) is 0 Å². The molecular weight excluding hydrogens is 434 g/mol. The van der Waals surface area contributed by atoms with E-state index in [4.69, 9.17) is 10.5 Å². The van der Waals surface area contributed by atoms with Gasteiger partial charge in [-0.25, -0.2) is 4.98 Å². The lowest BCUT2D eigenvalue weighted by Crippen LogP contribution is -2.21. The average molecular weight is 472 g/mol. The van der Waals surface area contributed by atoms with Gasteiger partial charge in [0.2, 0.25) is 5.91 Å². The van der Waals surface area contributed by atoms with Crippen molar-refractivity contribution in [3.8, 4) is 17.0 Å². The van der Waals surface area contributed by atoms with Gasteiger partial charge >= 0.3 is 0 Å². The summed E-state index contributed by atoms with van der Waals surface area (Å²) < 4.78 is 6.38. The number of carbonyl (C=O) groups excluding carboxylic acids is 1. The highest BCUT2D eigenvalue weighted by Gasteiger charge is 2.34. The Balaban J connectivity index is 1.88. The Bertz CT molecular complexity index is 1250. The molecule has 35 heavy (non-hydrogen) atoms. The Morgan fingerprint density at radius 3 is 2.40 bits per heavy atom. The van der Waals surface area contributed by atoms with Crippen LogP contribution < -0.4 is 15.8 Å². The highest BCUT2D eigenvalue weighted by molar-refractivity contribution is 5.96. The van der Waals surface area contributed by atoms with E-state index < -0.39 is 0 Å². The number of ether oxygens (including phenoxy) is 1. The van der Waals surface area contributed by atoms with Crippen LogP contribution in [0.1, 0.15) is 80.7 Å². The number of hydrogen-bond acceptors (Lipinski definition) is 4. The summed E-state index contributed by atoms with van der Waals surface area (Å²) >= 11 is 0. The van der Waals surface area contributed by atoms with Gasteiger partial charge in [0.05, 0.1) is 12.3 Å². The molecule has 5 nitrogen and oxygen atoms in total. The van der Waals surface area contributed by atoms with Gasteiger partial charge in [0.1, 0.15) is 11.6 Å². The third-order valence-corrected chi connectivity index (χ3v) is 6.73. The maximum Gasteiger partial charge on any atom is 0.224 e. The number of hydrogen-bond donors (Lipinski definition) is 2. The Hall–Kier alpha value is -3.34. The van der Waals surface area contributed by atoms with Gasteiger partial charge in [-0.05, 0) is 59.6 Å². The van der Waals surface area contributed by atoms with E-state index in [0.29, 0.717) is 24.8 Å². The number of anilines is 2. The Labute approximate surface area is 209 Å². The standard InChI is InChI=1S/C30H37N3O2/c1-17(2)20-11-13-21(14-12-20)22-16-35-29-26(22)18(3)28(33-25(34)15-30(5,6)7)19(4)27(29)23-9-8-10-24(31)32-23/h8-14,17,22H,15-16H2,1-7H3,(H2,31,32)(H,33,34). The molecule has 5 heteroatoms. The van der Waals surface area contributed by atoms with Crippen molar-refractivity contribution in [1.82, 2.24) is 4.98 Å². The summed E-state index contributed by atoms with van der Waals surface area (Å²) in [6, 6.07) is 14.4. The van der Waals surface area contributed by atoms with E-state index in [2.05, 4.69) is 76.1 Å². The maximum absolute atomic E-state index is 13.0. The first-order valence-electron chi connectivity index (χ1n) is 12.4. The van der Waals surface area contributed by atoms with Gasteiger partial charge in [0.25, 0.3) is 0 Å². The molecule has 0 aliphatic carbocycles. The third-order valence-electron chi connectivity index (χ3n) is 6.73. The first-order valence-corrected chi connectivity index (χ1v) is 12.4. The van der Waals surface area contributed by atoms with Gasteiger partial charge in [0.15, 0.2) is 0 Å². The summed E-state index contributed by atoms with van der Waals surface area (Å²) in [7, 11) is 0. The van der Waals surface area contributed by atoms with Crippen LogP contribution in [0.25, 0.3) is 11.3 Å². The number of amides is 1. The number of rotatable bonds is 5. The second kappa shape index (κ2) is 9.37. The van der Waals surface area contributed by atoms with Crippen LogP contribution in [-0.2, 0) is 4.79 Å². The Morgan fingerprint density at radius 2 is 1.80 bits per heavy atom. The predicted octanol–water partition coefficient (Wildman–Crippen LogP) is 6.97. The van der Waals surface area contributed by atoms with E-state index in [0.717, 1.165) is 39.4 Å². The summed E-state index contributed by atoms with van der Waals surface area (Å²) in [5.41, 5.74) is 14.0. The summed E-state index contributed by atoms with van der Waals surface area (Å²) in [5.74, 6) is 1.85. The molecule has 0 spiro atoms. The van der Waals surface area contributed by atoms with Crippen molar-refractivity contribution in [1.29, 1.82) is 0 Å². The molecule has 0 bridgehead atoms. The molecule has 3 aromatic rings. The molecule has 0 saturated heterocycles. The second-order valence-corrected chi connectivity index (χ2v) is 11.2. The van der Waals surface area contributed by atoms with Gasteiger partial charge < -0.3 is 15.8 Å². The number of pyridine rings is 1. The highest BCUT2D eigenvalue weighted by atomic mass is 16.5. The lowest BCUT2D eigenvalue weighted by atomic mass is 9.84. The fourth-order valence-corrected chi connectivity index (χ4v) is 4.96. The molecule has 0 radical (unpaired) electrons. The van der Waals surface area contributed by atoms with Gasteiger partial charge in [-0.1, -0.05) is 65.0 Å². The van der Waals surface area contributed by atoms with E-state index in [1.54, 1.807) is 6.07 Å². The Kier molecular flexibility index (Phi) is 6.63. The molecule has 2 heterocycles. The highest BCUT2D eigenvalue weighted by Crippen LogP contribution is 2.50. The van der Waals surface area contributed by atoms with Gasteiger partial charge in [0, 0.05) is 29.2 Å². The molecule has 1 aromatic heterocycles. The zero-order chi connectivity index (χ0) is 25.5. The SMILES string of the molecule is Cc1c(NC(=O)CC(C)(C)C)c(C)c2c(c1-c1cccc(N)n1)OCC2c1ccc(C(C)C)cc1. The molecule has 1 aliphatic heterocycles. The van der Waals surface area contributed by atoms with Crippen LogP contribution in [0.15, 0.2) is 42.5 Å². The van der Waals surface area contributed by atoms with Crippen molar-refractivity contribution >= 4 is 17.4 Å². The second-order valence-electron chi connectivity index (χ2n) is 11.2. The number of carbonyl (C=O) groups is 1. The number of aromatic nitrogens is 1. The zero-order valence-electron chi connectivity index (χ0n) is 22.0.